The van der Waals surface area contributed by atoms with E-state index in [1.165, 1.54) is 0 Å². The number of carbonyl (C=O) groups excluding carboxylic acids is 1. The third kappa shape index (κ3) is 10.0. The first-order chi connectivity index (χ1) is 9.75. The van der Waals surface area contributed by atoms with Gasteiger partial charge in [-0.15, -0.1) is 0 Å². The summed E-state index contributed by atoms with van der Waals surface area (Å²) < 4.78 is 22.6. The van der Waals surface area contributed by atoms with E-state index in [4.69, 9.17) is 9.05 Å². The van der Waals surface area contributed by atoms with E-state index >= 15 is 0 Å². The summed E-state index contributed by atoms with van der Waals surface area (Å²) in [5, 5.41) is 6.07. The van der Waals surface area contributed by atoms with E-state index in [0.29, 0.717) is 32.5 Å². The van der Waals surface area contributed by atoms with E-state index in [0.717, 1.165) is 13.0 Å². The number of amides is 1. The van der Waals surface area contributed by atoms with Crippen LogP contribution in [0.5, 0.6) is 0 Å². The van der Waals surface area contributed by atoms with Crippen LogP contribution in [0.15, 0.2) is 0 Å². The third-order valence-corrected chi connectivity index (χ3v) is 4.79. The second kappa shape index (κ2) is 10.3. The molecule has 0 rings (SSSR count). The van der Waals surface area contributed by atoms with Gasteiger partial charge >= 0.3 is 7.60 Å². The van der Waals surface area contributed by atoms with Crippen molar-refractivity contribution in [3.63, 3.8) is 0 Å². The van der Waals surface area contributed by atoms with Crippen LogP contribution < -0.4 is 10.6 Å². The molecule has 6 nitrogen and oxygen atoms in total. The van der Waals surface area contributed by atoms with E-state index in [1.54, 1.807) is 13.8 Å². The molecule has 0 saturated heterocycles. The number of carbonyl (C=O) groups is 1. The van der Waals surface area contributed by atoms with Gasteiger partial charge in [0.25, 0.3) is 0 Å². The number of hydrogen-bond donors (Lipinski definition) is 2. The average Bonchev–Trinajstić information content (AvgIpc) is 2.36. The topological polar surface area (TPSA) is 76.7 Å². The Morgan fingerprint density at radius 2 is 1.62 bits per heavy atom. The Morgan fingerprint density at radius 3 is 2.10 bits per heavy atom. The first-order valence-corrected chi connectivity index (χ1v) is 9.35. The van der Waals surface area contributed by atoms with Crippen LogP contribution in [0.3, 0.4) is 0 Å². The Balaban J connectivity index is 3.72. The van der Waals surface area contributed by atoms with Crippen molar-refractivity contribution in [2.24, 2.45) is 5.41 Å². The van der Waals surface area contributed by atoms with Gasteiger partial charge in [0.1, 0.15) is 0 Å². The molecular weight excluding hydrogens is 291 g/mol. The van der Waals surface area contributed by atoms with Crippen molar-refractivity contribution in [3.05, 3.63) is 0 Å². The molecule has 7 heteroatoms. The van der Waals surface area contributed by atoms with Gasteiger partial charge in [-0.1, -0.05) is 20.8 Å². The summed E-state index contributed by atoms with van der Waals surface area (Å²) in [5.74, 6) is 0.0553. The van der Waals surface area contributed by atoms with Crippen LogP contribution in [-0.4, -0.2) is 44.9 Å². The van der Waals surface area contributed by atoms with Crippen LogP contribution in [0, 0.1) is 5.41 Å². The molecule has 0 radical (unpaired) electrons. The highest BCUT2D eigenvalue weighted by Crippen LogP contribution is 2.47. The van der Waals surface area contributed by atoms with Crippen molar-refractivity contribution in [2.45, 2.75) is 41.0 Å². The van der Waals surface area contributed by atoms with Gasteiger partial charge in [-0.2, -0.15) is 0 Å². The van der Waals surface area contributed by atoms with E-state index < -0.39 is 7.60 Å². The summed E-state index contributed by atoms with van der Waals surface area (Å²) in [6.45, 7) is 12.0. The van der Waals surface area contributed by atoms with Crippen LogP contribution in [0.1, 0.15) is 41.0 Å². The third-order valence-electron chi connectivity index (χ3n) is 2.71. The first kappa shape index (κ1) is 20.6. The molecule has 0 spiro atoms. The van der Waals surface area contributed by atoms with Crippen LogP contribution in [0.4, 0.5) is 0 Å². The van der Waals surface area contributed by atoms with E-state index in [2.05, 4.69) is 10.6 Å². The van der Waals surface area contributed by atoms with E-state index in [-0.39, 0.29) is 11.3 Å². The lowest BCUT2D eigenvalue weighted by Crippen LogP contribution is -2.36. The normalized spacial score (nSPS) is 12.4. The lowest BCUT2D eigenvalue weighted by molar-refractivity contribution is -0.128. The summed E-state index contributed by atoms with van der Waals surface area (Å²) in [6.07, 6.45) is 1.19. The fraction of sp³-hybridized carbons (Fsp3) is 0.929. The van der Waals surface area contributed by atoms with Crippen molar-refractivity contribution in [2.75, 3.05) is 39.0 Å². The molecule has 2 N–H and O–H groups in total. The van der Waals surface area contributed by atoms with E-state index in [1.807, 2.05) is 20.8 Å². The summed E-state index contributed by atoms with van der Waals surface area (Å²) in [5.41, 5.74) is -0.352. The minimum Gasteiger partial charge on any atom is -0.356 e. The maximum atomic E-state index is 12.2. The molecule has 0 aliphatic rings. The Hall–Kier alpha value is -0.420. The van der Waals surface area contributed by atoms with Gasteiger partial charge in [0.05, 0.1) is 19.4 Å². The Kier molecular flexibility index (Phi) is 10.1. The van der Waals surface area contributed by atoms with Gasteiger partial charge in [-0.05, 0) is 26.8 Å². The molecule has 0 atom stereocenters. The van der Waals surface area contributed by atoms with Crippen molar-refractivity contribution in [3.8, 4) is 0 Å². The van der Waals surface area contributed by atoms with Gasteiger partial charge in [-0.25, -0.2) is 0 Å². The molecule has 0 saturated carbocycles. The predicted octanol–water partition coefficient (Wildman–Crippen LogP) is 2.39. The second-order valence-corrected chi connectivity index (χ2v) is 7.96. The standard InChI is InChI=1S/C14H31N2O4P/c1-6-19-21(18,20-7-2)12-11-15-9-8-10-16-13(17)14(3,4)5/h15H,6-12H2,1-5H3,(H,16,17). The molecular formula is C14H31N2O4P. The van der Waals surface area contributed by atoms with Crippen LogP contribution in [0.2, 0.25) is 0 Å². The van der Waals surface area contributed by atoms with Gasteiger partial charge in [0.15, 0.2) is 0 Å². The first-order valence-electron chi connectivity index (χ1n) is 7.62. The SMILES string of the molecule is CCOP(=O)(CCNCCCNC(=O)C(C)(C)C)OCC. The molecule has 0 aromatic carbocycles. The minimum absolute atomic E-state index is 0.0553. The van der Waals surface area contributed by atoms with Crippen molar-refractivity contribution in [1.82, 2.24) is 10.6 Å². The van der Waals surface area contributed by atoms with Crippen LogP contribution in [-0.2, 0) is 18.4 Å². The Morgan fingerprint density at radius 1 is 1.05 bits per heavy atom. The fourth-order valence-corrected chi connectivity index (χ4v) is 3.13. The lowest BCUT2D eigenvalue weighted by atomic mass is 9.96. The maximum Gasteiger partial charge on any atom is 0.331 e. The second-order valence-electron chi connectivity index (χ2n) is 5.78. The molecule has 0 aliphatic carbocycles. The molecule has 0 aliphatic heterocycles. The largest absolute Gasteiger partial charge is 0.356 e. The molecule has 0 aromatic heterocycles. The molecule has 0 heterocycles. The molecule has 126 valence electrons. The average molecular weight is 322 g/mol. The minimum atomic E-state index is -2.94. The van der Waals surface area contributed by atoms with E-state index in [9.17, 15) is 9.36 Å². The lowest BCUT2D eigenvalue weighted by Gasteiger charge is -2.18. The fourth-order valence-electron chi connectivity index (χ4n) is 1.58. The van der Waals surface area contributed by atoms with Gasteiger partial charge in [-0.3, -0.25) is 9.36 Å². The predicted molar refractivity (Wildman–Crippen MR) is 85.7 cm³/mol. The molecule has 1 amide bonds. The van der Waals surface area contributed by atoms with Gasteiger partial charge in [0, 0.05) is 18.5 Å². The zero-order valence-electron chi connectivity index (χ0n) is 14.0. The Labute approximate surface area is 128 Å². The Bertz CT molecular complexity index is 332. The summed E-state index contributed by atoms with van der Waals surface area (Å²) in [4.78, 5) is 11.6. The van der Waals surface area contributed by atoms with Crippen LogP contribution in [0.25, 0.3) is 0 Å². The summed E-state index contributed by atoms with van der Waals surface area (Å²) >= 11 is 0. The van der Waals surface area contributed by atoms with Gasteiger partial charge in [0.2, 0.25) is 5.91 Å². The van der Waals surface area contributed by atoms with Crippen molar-refractivity contribution >= 4 is 13.5 Å². The highest BCUT2D eigenvalue weighted by Gasteiger charge is 2.22. The van der Waals surface area contributed by atoms with Crippen LogP contribution >= 0.6 is 7.60 Å². The molecule has 0 unspecified atom stereocenters. The molecule has 0 aromatic rings. The highest BCUT2D eigenvalue weighted by molar-refractivity contribution is 7.53. The highest BCUT2D eigenvalue weighted by atomic mass is 31.2. The van der Waals surface area contributed by atoms with Crippen molar-refractivity contribution in [1.29, 1.82) is 0 Å². The number of nitrogens with one attached hydrogen (secondary N) is 2. The quantitative estimate of drug-likeness (QED) is 0.451. The molecule has 21 heavy (non-hydrogen) atoms. The number of hydrogen-bond acceptors (Lipinski definition) is 5. The zero-order valence-corrected chi connectivity index (χ0v) is 14.9. The number of rotatable bonds is 11. The molecule has 0 fully saturated rings. The maximum absolute atomic E-state index is 12.2. The smallest absolute Gasteiger partial charge is 0.331 e. The zero-order chi connectivity index (χ0) is 16.4. The van der Waals surface area contributed by atoms with Crippen molar-refractivity contribution < 1.29 is 18.4 Å². The molecule has 0 bridgehead atoms. The summed E-state index contributed by atoms with van der Waals surface area (Å²) in [6, 6.07) is 0. The summed E-state index contributed by atoms with van der Waals surface area (Å²) in [7, 11) is -2.94. The monoisotopic (exact) mass is 322 g/mol. The van der Waals surface area contributed by atoms with Gasteiger partial charge < -0.3 is 19.7 Å².